The first-order valence-corrected chi connectivity index (χ1v) is 15.8. The lowest BCUT2D eigenvalue weighted by Gasteiger charge is -2.26. The first kappa shape index (κ1) is 26.3. The van der Waals surface area contributed by atoms with Crippen molar-refractivity contribution in [1.82, 2.24) is 4.57 Å². The van der Waals surface area contributed by atoms with Gasteiger partial charge in [0.05, 0.1) is 11.0 Å². The highest BCUT2D eigenvalue weighted by molar-refractivity contribution is 6.10. The molecule has 0 unspecified atom stereocenters. The van der Waals surface area contributed by atoms with E-state index in [-0.39, 0.29) is 0 Å². The van der Waals surface area contributed by atoms with Crippen LogP contribution in [-0.4, -0.2) is 4.57 Å². The topological polar surface area (TPSA) is 8.17 Å². The number of hydrogen-bond donors (Lipinski definition) is 0. The Kier molecular flexibility index (Phi) is 6.17. The molecule has 9 rings (SSSR count). The van der Waals surface area contributed by atoms with Crippen LogP contribution in [-0.2, 0) is 0 Å². The minimum Gasteiger partial charge on any atom is -0.310 e. The average molecular weight is 587 g/mol. The number of fused-ring (bicyclic) bond motifs is 5. The van der Waals surface area contributed by atoms with Gasteiger partial charge in [0.1, 0.15) is 0 Å². The van der Waals surface area contributed by atoms with Gasteiger partial charge in [-0.05, 0) is 93.3 Å². The van der Waals surface area contributed by atoms with Crippen LogP contribution in [0.1, 0.15) is 0 Å². The fourth-order valence-corrected chi connectivity index (χ4v) is 6.89. The second-order valence-corrected chi connectivity index (χ2v) is 11.9. The van der Waals surface area contributed by atoms with Crippen LogP contribution in [0.4, 0.5) is 17.1 Å². The summed E-state index contributed by atoms with van der Waals surface area (Å²) in [7, 11) is 0. The van der Waals surface area contributed by atoms with Crippen molar-refractivity contribution in [2.75, 3.05) is 4.90 Å². The van der Waals surface area contributed by atoms with Crippen molar-refractivity contribution in [2.45, 2.75) is 0 Å². The predicted molar refractivity (Wildman–Crippen MR) is 196 cm³/mol. The summed E-state index contributed by atoms with van der Waals surface area (Å²) >= 11 is 0. The molecule has 0 atom stereocenters. The zero-order valence-electron chi connectivity index (χ0n) is 25.2. The van der Waals surface area contributed by atoms with E-state index in [1.807, 2.05) is 0 Å². The Morgan fingerprint density at radius 3 is 1.52 bits per heavy atom. The van der Waals surface area contributed by atoms with Gasteiger partial charge >= 0.3 is 0 Å². The van der Waals surface area contributed by atoms with Gasteiger partial charge in [-0.25, -0.2) is 0 Å². The van der Waals surface area contributed by atoms with Crippen molar-refractivity contribution >= 4 is 60.4 Å². The molecule has 0 saturated carbocycles. The van der Waals surface area contributed by atoms with Crippen molar-refractivity contribution in [3.05, 3.63) is 182 Å². The molecule has 216 valence electrons. The zero-order chi connectivity index (χ0) is 30.5. The van der Waals surface area contributed by atoms with E-state index in [9.17, 15) is 0 Å². The maximum Gasteiger partial charge on any atom is 0.0547 e. The molecule has 0 saturated heterocycles. The Morgan fingerprint density at radius 1 is 0.326 bits per heavy atom. The van der Waals surface area contributed by atoms with Gasteiger partial charge in [0, 0.05) is 33.5 Å². The third-order valence-corrected chi connectivity index (χ3v) is 9.13. The Balaban J connectivity index is 1.17. The Hall–Kier alpha value is -6.12. The first-order chi connectivity index (χ1) is 22.8. The summed E-state index contributed by atoms with van der Waals surface area (Å²) in [4.78, 5) is 2.36. The van der Waals surface area contributed by atoms with Gasteiger partial charge in [0.25, 0.3) is 0 Å². The molecular formula is C44H30N2. The number of nitrogens with zero attached hydrogens (tertiary/aromatic N) is 2. The lowest BCUT2D eigenvalue weighted by molar-refractivity contribution is 1.18. The summed E-state index contributed by atoms with van der Waals surface area (Å²) in [5.41, 5.74) is 9.37. The number of benzene rings is 8. The molecule has 8 aromatic carbocycles. The SMILES string of the molecule is c1ccc(-n2c3ccccc3c3ccc(-c4ccc(N(c5ccc6ccccc6c5)c5ccc6ccccc6c5)cc4)cc32)cc1. The van der Waals surface area contributed by atoms with Gasteiger partial charge in [-0.2, -0.15) is 0 Å². The van der Waals surface area contributed by atoms with Crippen LogP contribution in [0.3, 0.4) is 0 Å². The minimum absolute atomic E-state index is 1.12. The number of hydrogen-bond acceptors (Lipinski definition) is 1. The van der Waals surface area contributed by atoms with E-state index in [1.165, 1.54) is 60.2 Å². The lowest BCUT2D eigenvalue weighted by Crippen LogP contribution is -2.09. The molecule has 46 heavy (non-hydrogen) atoms. The number of anilines is 3. The minimum atomic E-state index is 1.12. The van der Waals surface area contributed by atoms with Gasteiger partial charge in [-0.15, -0.1) is 0 Å². The van der Waals surface area contributed by atoms with Crippen LogP contribution in [0.2, 0.25) is 0 Å². The molecule has 0 aliphatic heterocycles. The van der Waals surface area contributed by atoms with Crippen LogP contribution >= 0.6 is 0 Å². The molecule has 0 bridgehead atoms. The predicted octanol–water partition coefficient (Wildman–Crippen LogP) is 12.2. The maximum absolute atomic E-state index is 2.38. The molecule has 2 nitrogen and oxygen atoms in total. The fourth-order valence-electron chi connectivity index (χ4n) is 6.89. The Morgan fingerprint density at radius 2 is 0.848 bits per heavy atom. The molecule has 0 N–H and O–H groups in total. The van der Waals surface area contributed by atoms with Crippen molar-refractivity contribution in [3.8, 4) is 16.8 Å². The van der Waals surface area contributed by atoms with E-state index >= 15 is 0 Å². The van der Waals surface area contributed by atoms with Gasteiger partial charge in [-0.3, -0.25) is 0 Å². The van der Waals surface area contributed by atoms with Crippen LogP contribution in [0.15, 0.2) is 182 Å². The van der Waals surface area contributed by atoms with E-state index < -0.39 is 0 Å². The highest BCUT2D eigenvalue weighted by Gasteiger charge is 2.16. The largest absolute Gasteiger partial charge is 0.310 e. The molecular weight excluding hydrogens is 556 g/mol. The third kappa shape index (κ3) is 4.43. The van der Waals surface area contributed by atoms with Crippen molar-refractivity contribution in [3.63, 3.8) is 0 Å². The van der Waals surface area contributed by atoms with E-state index in [1.54, 1.807) is 0 Å². The molecule has 1 aromatic heterocycles. The molecule has 0 spiro atoms. The smallest absolute Gasteiger partial charge is 0.0547 e. The van der Waals surface area contributed by atoms with Crippen LogP contribution in [0.25, 0.3) is 60.2 Å². The summed E-state index contributed by atoms with van der Waals surface area (Å²) < 4.78 is 2.38. The van der Waals surface area contributed by atoms with Crippen molar-refractivity contribution < 1.29 is 0 Å². The Labute approximate surface area is 268 Å². The molecule has 0 fully saturated rings. The Bertz CT molecular complexity index is 2440. The van der Waals surface area contributed by atoms with Gasteiger partial charge in [0.2, 0.25) is 0 Å². The molecule has 0 radical (unpaired) electrons. The maximum atomic E-state index is 2.38. The lowest BCUT2D eigenvalue weighted by atomic mass is 10.0. The first-order valence-electron chi connectivity index (χ1n) is 15.8. The summed E-state index contributed by atoms with van der Waals surface area (Å²) in [5, 5.41) is 7.46. The van der Waals surface area contributed by atoms with Crippen molar-refractivity contribution in [1.29, 1.82) is 0 Å². The summed E-state index contributed by atoms with van der Waals surface area (Å²) in [6.45, 7) is 0. The van der Waals surface area contributed by atoms with Crippen LogP contribution in [0.5, 0.6) is 0 Å². The number of para-hydroxylation sites is 2. The zero-order valence-corrected chi connectivity index (χ0v) is 25.2. The van der Waals surface area contributed by atoms with Crippen LogP contribution < -0.4 is 4.90 Å². The summed E-state index contributed by atoms with van der Waals surface area (Å²) in [5.74, 6) is 0. The second-order valence-electron chi connectivity index (χ2n) is 11.9. The highest BCUT2D eigenvalue weighted by atomic mass is 15.1. The molecule has 2 heteroatoms. The second kappa shape index (κ2) is 10.8. The molecule has 1 heterocycles. The quantitative estimate of drug-likeness (QED) is 0.195. The van der Waals surface area contributed by atoms with Crippen molar-refractivity contribution in [2.24, 2.45) is 0 Å². The summed E-state index contributed by atoms with van der Waals surface area (Å²) in [6.07, 6.45) is 0. The third-order valence-electron chi connectivity index (χ3n) is 9.13. The van der Waals surface area contributed by atoms with Crippen LogP contribution in [0, 0.1) is 0 Å². The standard InChI is InChI=1S/C44H30N2/c1-2-14-37(15-3-1)46-43-17-9-8-16-41(43)42-27-22-36(30-44(42)46)33-18-23-38(24-19-33)45(39-25-20-31-10-4-6-12-34(31)28-39)40-26-21-32-11-5-7-13-35(32)29-40/h1-30H. The normalized spacial score (nSPS) is 11.5. The molecule has 0 aliphatic rings. The number of aromatic nitrogens is 1. The molecule has 0 amide bonds. The average Bonchev–Trinajstić information content (AvgIpc) is 3.46. The molecule has 9 aromatic rings. The van der Waals surface area contributed by atoms with Gasteiger partial charge in [-0.1, -0.05) is 121 Å². The van der Waals surface area contributed by atoms with E-state index in [4.69, 9.17) is 0 Å². The number of rotatable bonds is 5. The van der Waals surface area contributed by atoms with Gasteiger partial charge < -0.3 is 9.47 Å². The highest BCUT2D eigenvalue weighted by Crippen LogP contribution is 2.39. The fraction of sp³-hybridized carbons (Fsp3) is 0. The summed E-state index contributed by atoms with van der Waals surface area (Å²) in [6, 6.07) is 65.8. The monoisotopic (exact) mass is 586 g/mol. The van der Waals surface area contributed by atoms with Gasteiger partial charge in [0.15, 0.2) is 0 Å². The molecule has 0 aliphatic carbocycles. The van der Waals surface area contributed by atoms with E-state index in [0.29, 0.717) is 0 Å². The van der Waals surface area contributed by atoms with E-state index in [0.717, 1.165) is 17.1 Å². The van der Waals surface area contributed by atoms with E-state index in [2.05, 4.69) is 191 Å².